The van der Waals surface area contributed by atoms with Gasteiger partial charge in [-0.25, -0.2) is 0 Å². The van der Waals surface area contributed by atoms with Gasteiger partial charge in [0.25, 0.3) is 0 Å². The molecule has 0 amide bonds. The Morgan fingerprint density at radius 2 is 1.05 bits per heavy atom. The highest BCUT2D eigenvalue weighted by Gasteiger charge is 2.44. The molecule has 0 heterocycles. The molecule has 21 heavy (non-hydrogen) atoms. The van der Waals surface area contributed by atoms with Gasteiger partial charge in [-0.2, -0.15) is 0 Å². The molecule has 3 nitrogen and oxygen atoms in total. The first kappa shape index (κ1) is 16.1. The van der Waals surface area contributed by atoms with E-state index >= 15 is 0 Å². The Kier molecular flexibility index (Phi) is 5.13. The summed E-state index contributed by atoms with van der Waals surface area (Å²) in [6, 6.07) is 20.7. The zero-order chi connectivity index (χ0) is 15.3. The van der Waals surface area contributed by atoms with Gasteiger partial charge in [-0.15, -0.1) is 0 Å². The molecular formula is C16H22O3Si2. The second-order valence-electron chi connectivity index (χ2n) is 5.14. The molecule has 0 unspecified atom stereocenters. The van der Waals surface area contributed by atoms with Gasteiger partial charge >= 0.3 is 8.80 Å². The minimum atomic E-state index is -2.64. The van der Waals surface area contributed by atoms with Gasteiger partial charge in [0.2, 0.25) is 8.32 Å². The van der Waals surface area contributed by atoms with E-state index in [9.17, 15) is 0 Å². The summed E-state index contributed by atoms with van der Waals surface area (Å²) in [6.45, 7) is 4.13. The molecule has 5 heteroatoms. The largest absolute Gasteiger partial charge is 0.487 e. The molecule has 2 aromatic rings. The number of hydrogen-bond donors (Lipinski definition) is 0. The van der Waals surface area contributed by atoms with Crippen molar-refractivity contribution in [1.82, 2.24) is 0 Å². The van der Waals surface area contributed by atoms with Crippen molar-refractivity contribution in [2.24, 2.45) is 0 Å². The third kappa shape index (κ3) is 3.50. The Labute approximate surface area is 129 Å². The van der Waals surface area contributed by atoms with Crippen molar-refractivity contribution in [3.63, 3.8) is 0 Å². The molecule has 0 fully saturated rings. The summed E-state index contributed by atoms with van der Waals surface area (Å²) in [7, 11) is -1.70. The van der Waals surface area contributed by atoms with E-state index in [0.717, 1.165) is 0 Å². The predicted octanol–water partition coefficient (Wildman–Crippen LogP) is 2.25. The van der Waals surface area contributed by atoms with Crippen LogP contribution in [0.15, 0.2) is 60.7 Å². The summed E-state index contributed by atoms with van der Waals surface area (Å²) >= 11 is 0. The van der Waals surface area contributed by atoms with Crippen LogP contribution in [0.4, 0.5) is 0 Å². The quantitative estimate of drug-likeness (QED) is 0.765. The van der Waals surface area contributed by atoms with Gasteiger partial charge in [0.05, 0.1) is 0 Å². The van der Waals surface area contributed by atoms with Crippen molar-refractivity contribution < 1.29 is 13.0 Å². The van der Waals surface area contributed by atoms with Gasteiger partial charge in [0.1, 0.15) is 0 Å². The molecule has 112 valence electrons. The summed E-state index contributed by atoms with van der Waals surface area (Å²) in [5.74, 6) is 0. The van der Waals surface area contributed by atoms with Crippen molar-refractivity contribution in [3.8, 4) is 0 Å². The van der Waals surface area contributed by atoms with Gasteiger partial charge in [-0.1, -0.05) is 60.7 Å². The van der Waals surface area contributed by atoms with Gasteiger partial charge in [-0.05, 0) is 16.9 Å². The second-order valence-corrected chi connectivity index (χ2v) is 11.7. The Bertz CT molecular complexity index is 517. The van der Waals surface area contributed by atoms with E-state index in [1.54, 1.807) is 14.2 Å². The van der Waals surface area contributed by atoms with Crippen LogP contribution < -0.4 is 10.4 Å². The maximum Gasteiger partial charge on any atom is 0.487 e. The smallest absolute Gasteiger partial charge is 0.407 e. The lowest BCUT2D eigenvalue weighted by atomic mass is 10.4. The topological polar surface area (TPSA) is 27.7 Å². The van der Waals surface area contributed by atoms with E-state index in [1.165, 1.54) is 10.4 Å². The Balaban J connectivity index is 2.50. The lowest BCUT2D eigenvalue weighted by molar-refractivity contribution is 0.168. The van der Waals surface area contributed by atoms with Crippen LogP contribution in [-0.4, -0.2) is 31.3 Å². The minimum absolute atomic E-state index is 1.21. The molecule has 0 aromatic heterocycles. The standard InChI is InChI=1S/C16H22O3Si2/c1-17-21(4,18-2)19-20(3,15-11-7-5-8-12-15)16-13-9-6-10-14-16/h5-14H,1-4H3. The van der Waals surface area contributed by atoms with Gasteiger partial charge < -0.3 is 13.0 Å². The Morgan fingerprint density at radius 1 is 0.667 bits per heavy atom. The SMILES string of the molecule is CO[Si](C)(OC)O[Si](C)(c1ccccc1)c1ccccc1. The molecular weight excluding hydrogens is 296 g/mol. The van der Waals surface area contributed by atoms with Crippen molar-refractivity contribution in [2.45, 2.75) is 13.1 Å². The molecule has 0 aliphatic rings. The molecule has 0 saturated heterocycles. The molecule has 0 radical (unpaired) electrons. The van der Waals surface area contributed by atoms with Gasteiger partial charge in [0.15, 0.2) is 0 Å². The first-order valence-electron chi connectivity index (χ1n) is 6.95. The Morgan fingerprint density at radius 3 is 1.38 bits per heavy atom. The maximum absolute atomic E-state index is 6.53. The first-order valence-corrected chi connectivity index (χ1v) is 11.6. The van der Waals surface area contributed by atoms with Crippen LogP contribution in [0.25, 0.3) is 0 Å². The lowest BCUT2D eigenvalue weighted by Crippen LogP contribution is -2.64. The van der Waals surface area contributed by atoms with Crippen molar-refractivity contribution in [3.05, 3.63) is 60.7 Å². The molecule has 0 bridgehead atoms. The molecule has 0 N–H and O–H groups in total. The van der Waals surface area contributed by atoms with Crippen LogP contribution in [0.1, 0.15) is 0 Å². The van der Waals surface area contributed by atoms with Crippen LogP contribution in [0.5, 0.6) is 0 Å². The molecule has 2 aromatic carbocycles. The summed E-state index contributed by atoms with van der Waals surface area (Å²) in [5, 5.41) is 2.42. The molecule has 2 rings (SSSR count). The molecule has 0 aliphatic heterocycles. The van der Waals surface area contributed by atoms with Crippen LogP contribution in [0, 0.1) is 0 Å². The summed E-state index contributed by atoms with van der Waals surface area (Å²) < 4.78 is 17.6. The van der Waals surface area contributed by atoms with E-state index in [1.807, 2.05) is 42.9 Å². The van der Waals surface area contributed by atoms with Crippen molar-refractivity contribution >= 4 is 27.5 Å². The monoisotopic (exact) mass is 318 g/mol. The minimum Gasteiger partial charge on any atom is -0.407 e. The summed E-state index contributed by atoms with van der Waals surface area (Å²) in [4.78, 5) is 0. The van der Waals surface area contributed by atoms with Crippen molar-refractivity contribution in [2.75, 3.05) is 14.2 Å². The van der Waals surface area contributed by atoms with E-state index < -0.39 is 17.1 Å². The highest BCUT2D eigenvalue weighted by molar-refractivity contribution is 7.00. The highest BCUT2D eigenvalue weighted by atomic mass is 28.5. The van der Waals surface area contributed by atoms with Crippen LogP contribution in [0.3, 0.4) is 0 Å². The lowest BCUT2D eigenvalue weighted by Gasteiger charge is -2.35. The average molecular weight is 319 g/mol. The van der Waals surface area contributed by atoms with Gasteiger partial charge in [-0.3, -0.25) is 0 Å². The van der Waals surface area contributed by atoms with Crippen LogP contribution >= 0.6 is 0 Å². The third-order valence-corrected chi connectivity index (χ3v) is 11.2. The predicted molar refractivity (Wildman–Crippen MR) is 90.5 cm³/mol. The number of benzene rings is 2. The van der Waals surface area contributed by atoms with E-state index in [-0.39, 0.29) is 0 Å². The average Bonchev–Trinajstić information content (AvgIpc) is 2.56. The van der Waals surface area contributed by atoms with Crippen LogP contribution in [0.2, 0.25) is 13.1 Å². The highest BCUT2D eigenvalue weighted by Crippen LogP contribution is 2.16. The zero-order valence-corrected chi connectivity index (χ0v) is 15.0. The first-order chi connectivity index (χ1) is 10.0. The van der Waals surface area contributed by atoms with E-state index in [2.05, 4.69) is 30.8 Å². The third-order valence-electron chi connectivity index (χ3n) is 3.78. The second kappa shape index (κ2) is 6.68. The van der Waals surface area contributed by atoms with Crippen molar-refractivity contribution in [1.29, 1.82) is 0 Å². The van der Waals surface area contributed by atoms with Gasteiger partial charge in [0, 0.05) is 20.8 Å². The maximum atomic E-state index is 6.53. The molecule has 0 saturated carbocycles. The Hall–Kier alpha value is -1.25. The molecule has 0 spiro atoms. The molecule has 0 aliphatic carbocycles. The molecule has 0 atom stereocenters. The van der Waals surface area contributed by atoms with Crippen LogP contribution in [-0.2, 0) is 13.0 Å². The number of hydrogen-bond acceptors (Lipinski definition) is 3. The fraction of sp³-hybridized carbons (Fsp3) is 0.250. The fourth-order valence-corrected chi connectivity index (χ4v) is 9.07. The van der Waals surface area contributed by atoms with E-state index in [4.69, 9.17) is 13.0 Å². The van der Waals surface area contributed by atoms with E-state index in [0.29, 0.717) is 0 Å². The zero-order valence-electron chi connectivity index (χ0n) is 13.0. The number of rotatable bonds is 6. The summed E-state index contributed by atoms with van der Waals surface area (Å²) in [5.41, 5.74) is 0. The summed E-state index contributed by atoms with van der Waals surface area (Å²) in [6.07, 6.45) is 0. The fourth-order valence-electron chi connectivity index (χ4n) is 2.33. The normalized spacial score (nSPS) is 12.4.